The van der Waals surface area contributed by atoms with E-state index in [1.54, 1.807) is 25.7 Å². The van der Waals surface area contributed by atoms with Gasteiger partial charge in [-0.3, -0.25) is 0 Å². The summed E-state index contributed by atoms with van der Waals surface area (Å²) in [5, 5.41) is 0. The molecular formula is C28H25B. The van der Waals surface area contributed by atoms with Crippen LogP contribution < -0.4 is 0 Å². The van der Waals surface area contributed by atoms with Gasteiger partial charge in [-0.25, -0.2) is 0 Å². The highest BCUT2D eigenvalue weighted by molar-refractivity contribution is 6.13. The SMILES string of the molecule is [B]C1C2CC3C4C5C6C7C8C9CC%10CC%11C%12C%13C%14C%15C%16C(C2)C13C4%16C5%15C6%14C7%13C8%12C%109%11. The van der Waals surface area contributed by atoms with E-state index in [9.17, 15) is 0 Å². The van der Waals surface area contributed by atoms with Crippen molar-refractivity contribution in [3.05, 3.63) is 0 Å². The van der Waals surface area contributed by atoms with E-state index in [1.807, 2.05) is 0 Å². The quantitative estimate of drug-likeness (QED) is 0.571. The molecule has 15 unspecified atom stereocenters. The van der Waals surface area contributed by atoms with Crippen molar-refractivity contribution in [3.8, 4) is 0 Å². The molecule has 16 aliphatic rings. The second-order valence-electron chi connectivity index (χ2n) is 16.8. The number of fused-ring (bicyclic) bond motifs is 13. The molecule has 7 spiro atoms. The third kappa shape index (κ3) is 0.401. The van der Waals surface area contributed by atoms with E-state index < -0.39 is 0 Å². The van der Waals surface area contributed by atoms with Crippen molar-refractivity contribution in [1.29, 1.82) is 0 Å². The van der Waals surface area contributed by atoms with Gasteiger partial charge >= 0.3 is 0 Å². The summed E-state index contributed by atoms with van der Waals surface area (Å²) in [7, 11) is 7.15. The average molecular weight is 372 g/mol. The maximum absolute atomic E-state index is 7.15. The molecule has 16 saturated carbocycles. The minimum Gasteiger partial charge on any atom is -0.0679 e. The van der Waals surface area contributed by atoms with E-state index in [4.69, 9.17) is 7.85 Å². The summed E-state index contributed by atoms with van der Waals surface area (Å²) in [4.78, 5) is 0. The standard InChI is InChI=1S/C28H25B/c29-21-5-1-7-11-15-19-17-13-9-3-6-4-10-14-18-20-16-12-8(2-5)23(7,21)25(11,12)27(15,16)28(19,20)26(17,18)24(13,14)22(6,9)10/h5-21H,1-4H2. The van der Waals surface area contributed by atoms with Crippen LogP contribution in [0.25, 0.3) is 0 Å². The highest BCUT2D eigenvalue weighted by Crippen LogP contribution is 3.33. The lowest BCUT2D eigenvalue weighted by atomic mass is 8.71. The summed E-state index contributed by atoms with van der Waals surface area (Å²) in [5.74, 6) is 20.8. The topological polar surface area (TPSA) is 0 Å². The Balaban J connectivity index is 1.03. The van der Waals surface area contributed by atoms with Crippen molar-refractivity contribution in [2.45, 2.75) is 31.5 Å². The minimum atomic E-state index is 0.670. The molecule has 2 radical (unpaired) electrons. The molecule has 0 aromatic carbocycles. The Morgan fingerprint density at radius 2 is 0.862 bits per heavy atom. The molecule has 0 amide bonds. The van der Waals surface area contributed by atoms with Crippen molar-refractivity contribution >= 4 is 7.85 Å². The van der Waals surface area contributed by atoms with Gasteiger partial charge in [-0.15, -0.1) is 0 Å². The second kappa shape index (κ2) is 2.18. The molecule has 16 rings (SSSR count). The molecule has 0 nitrogen and oxygen atoms in total. The second-order valence-corrected chi connectivity index (χ2v) is 16.8. The van der Waals surface area contributed by atoms with Crippen molar-refractivity contribution in [3.63, 3.8) is 0 Å². The fraction of sp³-hybridized carbons (Fsp3) is 1.00. The van der Waals surface area contributed by atoms with Crippen LogP contribution in [0.4, 0.5) is 0 Å². The first-order valence-electron chi connectivity index (χ1n) is 14.1. The van der Waals surface area contributed by atoms with Crippen LogP contribution in [0.2, 0.25) is 5.82 Å². The van der Waals surface area contributed by atoms with Crippen molar-refractivity contribution in [1.82, 2.24) is 0 Å². The van der Waals surface area contributed by atoms with Gasteiger partial charge in [0.25, 0.3) is 0 Å². The first kappa shape index (κ1) is 11.8. The van der Waals surface area contributed by atoms with Gasteiger partial charge in [-0.05, 0) is 158 Å². The Morgan fingerprint density at radius 1 is 0.448 bits per heavy atom. The molecule has 29 heavy (non-hydrogen) atoms. The predicted molar refractivity (Wildman–Crippen MR) is 101 cm³/mol. The highest BCUT2D eigenvalue weighted by atomic mass is 15.3. The molecule has 140 valence electrons. The monoisotopic (exact) mass is 372 g/mol. The Morgan fingerprint density at radius 3 is 1.38 bits per heavy atom. The van der Waals surface area contributed by atoms with Crippen molar-refractivity contribution in [2.75, 3.05) is 0 Å². The van der Waals surface area contributed by atoms with Crippen LogP contribution in [0.15, 0.2) is 0 Å². The van der Waals surface area contributed by atoms with Gasteiger partial charge in [0.2, 0.25) is 0 Å². The predicted octanol–water partition coefficient (Wildman–Crippen LogP) is 3.49. The first-order chi connectivity index (χ1) is 14.3. The molecular weight excluding hydrogens is 347 g/mol. The number of hydrogen-bond donors (Lipinski definition) is 0. The molecule has 0 saturated heterocycles. The van der Waals surface area contributed by atoms with Crippen LogP contribution in [-0.2, 0) is 0 Å². The molecule has 16 fully saturated rings. The third-order valence-corrected chi connectivity index (χ3v) is 20.6. The Kier molecular flexibility index (Phi) is 0.887. The molecule has 0 aromatic heterocycles. The summed E-state index contributed by atoms with van der Waals surface area (Å²) < 4.78 is 0. The fourth-order valence-electron chi connectivity index (χ4n) is 23.7. The zero-order valence-electron chi connectivity index (χ0n) is 16.7. The zero-order chi connectivity index (χ0) is 17.1. The Labute approximate surface area is 172 Å². The van der Waals surface area contributed by atoms with E-state index in [-0.39, 0.29) is 0 Å². The summed E-state index contributed by atoms with van der Waals surface area (Å²) >= 11 is 0. The fourth-order valence-corrected chi connectivity index (χ4v) is 23.7. The van der Waals surface area contributed by atoms with E-state index in [0.717, 1.165) is 55.7 Å². The zero-order valence-corrected chi connectivity index (χ0v) is 16.7. The van der Waals surface area contributed by atoms with Crippen LogP contribution >= 0.6 is 0 Å². The molecule has 1 heteroatoms. The van der Waals surface area contributed by atoms with E-state index in [1.165, 1.54) is 76.9 Å². The lowest BCUT2D eigenvalue weighted by Gasteiger charge is -3.32. The van der Waals surface area contributed by atoms with Gasteiger partial charge in [0.1, 0.15) is 0 Å². The third-order valence-electron chi connectivity index (χ3n) is 20.6. The van der Waals surface area contributed by atoms with Crippen LogP contribution in [0.3, 0.4) is 0 Å². The van der Waals surface area contributed by atoms with Gasteiger partial charge in [-0.1, -0.05) is 5.82 Å². The van der Waals surface area contributed by atoms with Crippen LogP contribution in [0.5, 0.6) is 0 Å². The van der Waals surface area contributed by atoms with Crippen molar-refractivity contribution in [2.24, 2.45) is 133 Å². The lowest BCUT2D eigenvalue weighted by Crippen LogP contribution is -3.30. The molecule has 0 N–H and O–H groups in total. The summed E-state index contributed by atoms with van der Waals surface area (Å²) in [6, 6.07) is 0. The average Bonchev–Trinajstić information content (AvgIpc) is 3.01. The van der Waals surface area contributed by atoms with Crippen molar-refractivity contribution < 1.29 is 0 Å². The van der Waals surface area contributed by atoms with Crippen LogP contribution in [0, 0.1) is 133 Å². The maximum atomic E-state index is 7.15. The maximum Gasteiger partial charge on any atom is 0.0711 e. The number of rotatable bonds is 0. The molecule has 16 aliphatic carbocycles. The first-order valence-corrected chi connectivity index (χ1v) is 14.1. The summed E-state index contributed by atoms with van der Waals surface area (Å²) in [6.07, 6.45) is 6.63. The van der Waals surface area contributed by atoms with Gasteiger partial charge in [0, 0.05) is 0 Å². The van der Waals surface area contributed by atoms with Gasteiger partial charge in [0.05, 0.1) is 7.85 Å². The van der Waals surface area contributed by atoms with Crippen LogP contribution in [-0.4, -0.2) is 7.85 Å². The molecule has 15 atom stereocenters. The molecule has 0 heterocycles. The van der Waals surface area contributed by atoms with E-state index >= 15 is 0 Å². The largest absolute Gasteiger partial charge is 0.0711 e. The van der Waals surface area contributed by atoms with E-state index in [2.05, 4.69) is 0 Å². The van der Waals surface area contributed by atoms with E-state index in [0.29, 0.717) is 5.82 Å². The van der Waals surface area contributed by atoms with Gasteiger partial charge in [-0.2, -0.15) is 0 Å². The smallest absolute Gasteiger partial charge is 0.0679 e. The highest BCUT2D eigenvalue weighted by Gasteiger charge is 3.31. The van der Waals surface area contributed by atoms with Gasteiger partial charge in [0.15, 0.2) is 0 Å². The summed E-state index contributed by atoms with van der Waals surface area (Å²) in [5.41, 5.74) is 6.83. The number of hydrogen-bond acceptors (Lipinski definition) is 0. The molecule has 2 bridgehead atoms. The Hall–Kier alpha value is 0.0649. The normalized spacial score (nSPS) is 113. The lowest BCUT2D eigenvalue weighted by molar-refractivity contribution is -0.868. The molecule has 0 aliphatic heterocycles. The summed E-state index contributed by atoms with van der Waals surface area (Å²) in [6.45, 7) is 0. The Bertz CT molecular complexity index is 1210. The van der Waals surface area contributed by atoms with Crippen LogP contribution in [0.1, 0.15) is 25.7 Å². The molecule has 0 aromatic rings. The van der Waals surface area contributed by atoms with Gasteiger partial charge < -0.3 is 0 Å². The minimum absolute atomic E-state index is 0.670.